The van der Waals surface area contributed by atoms with Crippen molar-refractivity contribution in [1.82, 2.24) is 5.32 Å². The van der Waals surface area contributed by atoms with Gasteiger partial charge < -0.3 is 10.1 Å². The van der Waals surface area contributed by atoms with Crippen molar-refractivity contribution >= 4 is 15.7 Å². The minimum Gasteiger partial charge on any atom is -0.494 e. The van der Waals surface area contributed by atoms with Crippen LogP contribution in [0.5, 0.6) is 5.75 Å². The van der Waals surface area contributed by atoms with Crippen LogP contribution >= 0.6 is 0 Å². The number of halogens is 1. The Morgan fingerprint density at radius 3 is 2.75 bits per heavy atom. The number of ether oxygens (including phenoxy) is 1. The van der Waals surface area contributed by atoms with E-state index in [0.717, 1.165) is 12.8 Å². The topological polar surface area (TPSA) is 67.4 Å². The normalized spacial score (nSPS) is 16.8. The third kappa shape index (κ3) is 3.83. The molecule has 1 fully saturated rings. The molecule has 112 valence electrons. The zero-order chi connectivity index (χ0) is 14.8. The van der Waals surface area contributed by atoms with Crippen molar-refractivity contribution in [3.8, 4) is 5.75 Å². The third-order valence-corrected chi connectivity index (χ3v) is 4.96. The Kier molecular flexibility index (Phi) is 4.49. The SMILES string of the molecule is COc1cc(NS(=O)(=O)C(C)CNC2CC2)ccc1F. The first-order valence-electron chi connectivity index (χ1n) is 6.51. The number of nitrogens with one attached hydrogen (secondary N) is 2. The molecule has 0 bridgehead atoms. The molecular weight excluding hydrogens is 283 g/mol. The largest absolute Gasteiger partial charge is 0.494 e. The summed E-state index contributed by atoms with van der Waals surface area (Å²) in [6.07, 6.45) is 2.21. The van der Waals surface area contributed by atoms with E-state index in [9.17, 15) is 12.8 Å². The van der Waals surface area contributed by atoms with E-state index < -0.39 is 21.1 Å². The van der Waals surface area contributed by atoms with Gasteiger partial charge in [-0.3, -0.25) is 4.72 Å². The molecule has 0 spiro atoms. The molecular formula is C13H19FN2O3S. The van der Waals surface area contributed by atoms with Gasteiger partial charge in [0.2, 0.25) is 10.0 Å². The maximum Gasteiger partial charge on any atom is 0.236 e. The summed E-state index contributed by atoms with van der Waals surface area (Å²) in [4.78, 5) is 0. The van der Waals surface area contributed by atoms with Crippen molar-refractivity contribution < 1.29 is 17.5 Å². The lowest BCUT2D eigenvalue weighted by atomic mass is 10.3. The Labute approximate surface area is 118 Å². The lowest BCUT2D eigenvalue weighted by molar-refractivity contribution is 0.387. The van der Waals surface area contributed by atoms with Gasteiger partial charge in [-0.1, -0.05) is 0 Å². The van der Waals surface area contributed by atoms with Crippen molar-refractivity contribution in [2.24, 2.45) is 0 Å². The van der Waals surface area contributed by atoms with Crippen molar-refractivity contribution in [3.05, 3.63) is 24.0 Å². The van der Waals surface area contributed by atoms with E-state index in [2.05, 4.69) is 10.0 Å². The highest BCUT2D eigenvalue weighted by atomic mass is 32.2. The maximum atomic E-state index is 13.3. The van der Waals surface area contributed by atoms with Crippen LogP contribution in [0.3, 0.4) is 0 Å². The van der Waals surface area contributed by atoms with Crippen LogP contribution in [-0.2, 0) is 10.0 Å². The number of rotatable bonds is 7. The average molecular weight is 302 g/mol. The van der Waals surface area contributed by atoms with Gasteiger partial charge in [-0.25, -0.2) is 12.8 Å². The lowest BCUT2D eigenvalue weighted by Gasteiger charge is -2.16. The molecule has 1 aromatic carbocycles. The summed E-state index contributed by atoms with van der Waals surface area (Å²) in [5.74, 6) is -0.521. The van der Waals surface area contributed by atoms with Crippen LogP contribution in [-0.4, -0.2) is 33.4 Å². The number of benzene rings is 1. The van der Waals surface area contributed by atoms with E-state index in [1.54, 1.807) is 6.92 Å². The molecule has 2 rings (SSSR count). The van der Waals surface area contributed by atoms with Crippen LogP contribution in [0.25, 0.3) is 0 Å². The summed E-state index contributed by atoms with van der Waals surface area (Å²) in [6, 6.07) is 4.33. The van der Waals surface area contributed by atoms with Crippen molar-refractivity contribution in [2.45, 2.75) is 31.1 Å². The van der Waals surface area contributed by atoms with Gasteiger partial charge in [0.15, 0.2) is 11.6 Å². The second kappa shape index (κ2) is 5.97. The number of hydrogen-bond donors (Lipinski definition) is 2. The van der Waals surface area contributed by atoms with Crippen molar-refractivity contribution in [3.63, 3.8) is 0 Å². The molecule has 1 unspecified atom stereocenters. The van der Waals surface area contributed by atoms with Crippen LogP contribution in [0.4, 0.5) is 10.1 Å². The van der Waals surface area contributed by atoms with Gasteiger partial charge in [-0.05, 0) is 31.9 Å². The van der Waals surface area contributed by atoms with Crippen molar-refractivity contribution in [1.29, 1.82) is 0 Å². The average Bonchev–Trinajstić information content (AvgIpc) is 3.22. The van der Waals surface area contributed by atoms with E-state index in [0.29, 0.717) is 18.3 Å². The van der Waals surface area contributed by atoms with Crippen LogP contribution in [0.2, 0.25) is 0 Å². The highest BCUT2D eigenvalue weighted by Gasteiger charge is 2.25. The first kappa shape index (κ1) is 15.1. The number of methoxy groups -OCH3 is 1. The molecule has 2 N–H and O–H groups in total. The molecule has 1 aliphatic rings. The predicted molar refractivity (Wildman–Crippen MR) is 76.0 cm³/mol. The molecule has 0 aliphatic heterocycles. The minimum atomic E-state index is -3.51. The van der Waals surface area contributed by atoms with Crippen molar-refractivity contribution in [2.75, 3.05) is 18.4 Å². The first-order chi connectivity index (χ1) is 9.42. The molecule has 5 nitrogen and oxygen atoms in total. The summed E-state index contributed by atoms with van der Waals surface area (Å²) in [5, 5.41) is 2.61. The van der Waals surface area contributed by atoms with Crippen LogP contribution in [0.1, 0.15) is 19.8 Å². The number of hydrogen-bond acceptors (Lipinski definition) is 4. The summed E-state index contributed by atoms with van der Waals surface area (Å²) in [7, 11) is -2.18. The Morgan fingerprint density at radius 2 is 2.15 bits per heavy atom. The highest BCUT2D eigenvalue weighted by Crippen LogP contribution is 2.23. The van der Waals surface area contributed by atoms with E-state index in [1.165, 1.54) is 25.3 Å². The van der Waals surface area contributed by atoms with Gasteiger partial charge in [-0.15, -0.1) is 0 Å². The zero-order valence-corrected chi connectivity index (χ0v) is 12.3. The van der Waals surface area contributed by atoms with Crippen LogP contribution in [0.15, 0.2) is 18.2 Å². The Balaban J connectivity index is 2.02. The van der Waals surface area contributed by atoms with E-state index in [-0.39, 0.29) is 5.75 Å². The fraction of sp³-hybridized carbons (Fsp3) is 0.538. The summed E-state index contributed by atoms with van der Waals surface area (Å²) < 4.78 is 44.8. The molecule has 7 heteroatoms. The fourth-order valence-corrected chi connectivity index (χ4v) is 2.69. The van der Waals surface area contributed by atoms with Gasteiger partial charge in [0.25, 0.3) is 0 Å². The van der Waals surface area contributed by atoms with Gasteiger partial charge in [0.05, 0.1) is 18.0 Å². The quantitative estimate of drug-likeness (QED) is 0.805. The first-order valence-corrected chi connectivity index (χ1v) is 8.05. The Morgan fingerprint density at radius 1 is 1.45 bits per heavy atom. The second-order valence-corrected chi connectivity index (χ2v) is 7.09. The van der Waals surface area contributed by atoms with Gasteiger partial charge in [0.1, 0.15) is 0 Å². The van der Waals surface area contributed by atoms with Gasteiger partial charge >= 0.3 is 0 Å². The van der Waals surface area contributed by atoms with Crippen LogP contribution in [0, 0.1) is 5.82 Å². The molecule has 1 aromatic rings. The maximum absolute atomic E-state index is 13.3. The Hall–Kier alpha value is -1.34. The summed E-state index contributed by atoms with van der Waals surface area (Å²) in [5.41, 5.74) is 0.293. The number of anilines is 1. The van der Waals surface area contributed by atoms with Gasteiger partial charge in [-0.2, -0.15) is 0 Å². The summed E-state index contributed by atoms with van der Waals surface area (Å²) in [6.45, 7) is 2.04. The molecule has 20 heavy (non-hydrogen) atoms. The molecule has 0 saturated heterocycles. The van der Waals surface area contributed by atoms with E-state index in [4.69, 9.17) is 4.74 Å². The molecule has 0 amide bonds. The molecule has 1 aliphatic carbocycles. The zero-order valence-electron chi connectivity index (χ0n) is 11.5. The molecule has 0 heterocycles. The molecule has 1 saturated carbocycles. The summed E-state index contributed by atoms with van der Waals surface area (Å²) >= 11 is 0. The predicted octanol–water partition coefficient (Wildman–Crippen LogP) is 1.72. The third-order valence-electron chi connectivity index (χ3n) is 3.21. The van der Waals surface area contributed by atoms with E-state index >= 15 is 0 Å². The molecule has 0 aromatic heterocycles. The molecule has 1 atom stereocenters. The lowest BCUT2D eigenvalue weighted by Crippen LogP contribution is -2.35. The minimum absolute atomic E-state index is 0.00829. The smallest absolute Gasteiger partial charge is 0.236 e. The standard InChI is InChI=1S/C13H19FN2O3S/c1-9(8-15-10-3-4-10)20(17,18)16-11-5-6-12(14)13(7-11)19-2/h5-7,9-10,15-16H,3-4,8H2,1-2H3. The molecule has 0 radical (unpaired) electrons. The van der Waals surface area contributed by atoms with E-state index in [1.807, 2.05) is 0 Å². The highest BCUT2D eigenvalue weighted by molar-refractivity contribution is 7.93. The van der Waals surface area contributed by atoms with Gasteiger partial charge in [0, 0.05) is 18.7 Å². The van der Waals surface area contributed by atoms with Crippen LogP contribution < -0.4 is 14.8 Å². The monoisotopic (exact) mass is 302 g/mol. The fourth-order valence-electron chi connectivity index (χ4n) is 1.72. The Bertz CT molecular complexity index is 573. The number of sulfonamides is 1. The second-order valence-electron chi connectivity index (χ2n) is 4.99.